The van der Waals surface area contributed by atoms with Crippen molar-refractivity contribution >= 4 is 43.1 Å². The molecule has 0 saturated heterocycles. The van der Waals surface area contributed by atoms with Crippen LogP contribution in [0.2, 0.25) is 4.31 Å². The summed E-state index contributed by atoms with van der Waals surface area (Å²) in [6.45, 7) is 5.16. The SMILES string of the molecule is CCOC(=O)C1(C(=O)OCC)CCC(=O)C([Se]c2ccccc2)(C(=O)OCC)C1. The zero-order valence-electron chi connectivity index (χ0n) is 16.9. The summed E-state index contributed by atoms with van der Waals surface area (Å²) in [5.41, 5.74) is -1.71. The van der Waals surface area contributed by atoms with Gasteiger partial charge >= 0.3 is 176 Å². The molecule has 0 bridgehead atoms. The Morgan fingerprint density at radius 2 is 1.41 bits per heavy atom. The zero-order chi connectivity index (χ0) is 21.5. The molecule has 0 heterocycles. The molecular formula is C21H26O7Se. The second-order valence-corrected chi connectivity index (χ2v) is 9.47. The van der Waals surface area contributed by atoms with Crippen molar-refractivity contribution in [3.05, 3.63) is 30.3 Å². The molecule has 0 aromatic heterocycles. The molecule has 0 aliphatic heterocycles. The molecule has 0 spiro atoms. The number of carbonyl (C=O) groups excluding carboxylic acids is 4. The number of carbonyl (C=O) groups is 4. The van der Waals surface area contributed by atoms with Crippen LogP contribution in [0.3, 0.4) is 0 Å². The molecule has 2 rings (SSSR count). The first-order valence-electron chi connectivity index (χ1n) is 9.65. The van der Waals surface area contributed by atoms with Crippen LogP contribution in [0.5, 0.6) is 0 Å². The van der Waals surface area contributed by atoms with Crippen molar-refractivity contribution in [3.8, 4) is 0 Å². The third-order valence-corrected chi connectivity index (χ3v) is 7.68. The van der Waals surface area contributed by atoms with E-state index in [1.807, 2.05) is 30.3 Å². The van der Waals surface area contributed by atoms with Gasteiger partial charge in [0.25, 0.3) is 0 Å². The van der Waals surface area contributed by atoms with Crippen LogP contribution in [-0.2, 0) is 33.4 Å². The van der Waals surface area contributed by atoms with Crippen LogP contribution < -0.4 is 4.46 Å². The number of ketones is 1. The van der Waals surface area contributed by atoms with Gasteiger partial charge in [-0.1, -0.05) is 0 Å². The fourth-order valence-electron chi connectivity index (χ4n) is 3.37. The standard InChI is InChI=1S/C21H26O7Se/c1-4-26-17(23)20(18(24)27-5-2)13-12-16(22)21(14-20,19(25)28-6-3)29-15-10-8-7-9-11-15/h7-11H,4-6,12-14H2,1-3H3. The molecule has 1 aliphatic rings. The molecule has 158 valence electrons. The molecular weight excluding hydrogens is 443 g/mol. The maximum absolute atomic E-state index is 13.1. The van der Waals surface area contributed by atoms with E-state index in [2.05, 4.69) is 0 Å². The average Bonchev–Trinajstić information content (AvgIpc) is 2.71. The van der Waals surface area contributed by atoms with E-state index >= 15 is 0 Å². The second kappa shape index (κ2) is 10.0. The molecule has 1 fully saturated rings. The monoisotopic (exact) mass is 470 g/mol. The number of hydrogen-bond acceptors (Lipinski definition) is 7. The Bertz CT molecular complexity index is 744. The van der Waals surface area contributed by atoms with E-state index in [0.29, 0.717) is 0 Å². The van der Waals surface area contributed by atoms with Crippen molar-refractivity contribution in [2.45, 2.75) is 44.3 Å². The third-order valence-electron chi connectivity index (χ3n) is 4.75. The average molecular weight is 469 g/mol. The van der Waals surface area contributed by atoms with Gasteiger partial charge in [0.1, 0.15) is 0 Å². The second-order valence-electron chi connectivity index (χ2n) is 6.59. The molecule has 1 saturated carbocycles. The van der Waals surface area contributed by atoms with Gasteiger partial charge in [-0.05, 0) is 0 Å². The minimum atomic E-state index is -1.71. The molecule has 0 radical (unpaired) electrons. The predicted molar refractivity (Wildman–Crippen MR) is 106 cm³/mol. The molecule has 1 aromatic carbocycles. The molecule has 7 nitrogen and oxygen atoms in total. The molecule has 29 heavy (non-hydrogen) atoms. The Labute approximate surface area is 176 Å². The van der Waals surface area contributed by atoms with Crippen LogP contribution in [0.25, 0.3) is 0 Å². The first-order chi connectivity index (χ1) is 13.9. The van der Waals surface area contributed by atoms with E-state index in [0.717, 1.165) is 4.46 Å². The molecule has 1 atom stereocenters. The van der Waals surface area contributed by atoms with Gasteiger partial charge in [-0.25, -0.2) is 0 Å². The topological polar surface area (TPSA) is 96.0 Å². The fraction of sp³-hybridized carbons (Fsp3) is 0.524. The third kappa shape index (κ3) is 4.70. The predicted octanol–water partition coefficient (Wildman–Crippen LogP) is 1.60. The molecule has 0 amide bonds. The summed E-state index contributed by atoms with van der Waals surface area (Å²) in [6, 6.07) is 9.10. The summed E-state index contributed by atoms with van der Waals surface area (Å²) < 4.78 is 14.8. The van der Waals surface area contributed by atoms with Gasteiger partial charge in [0.15, 0.2) is 0 Å². The van der Waals surface area contributed by atoms with E-state index < -0.39 is 42.6 Å². The fourth-order valence-corrected chi connectivity index (χ4v) is 6.25. The molecule has 1 aromatic rings. The van der Waals surface area contributed by atoms with Crippen LogP contribution in [-0.4, -0.2) is 58.5 Å². The van der Waals surface area contributed by atoms with E-state index in [1.54, 1.807) is 20.8 Å². The number of esters is 3. The summed E-state index contributed by atoms with van der Waals surface area (Å²) in [6.07, 6.45) is -0.454. The number of ether oxygens (including phenoxy) is 3. The number of Topliss-reactive ketones (excluding diaryl/α,β-unsaturated/α-hetero) is 1. The molecule has 1 unspecified atom stereocenters. The van der Waals surface area contributed by atoms with Crippen LogP contribution in [0.4, 0.5) is 0 Å². The summed E-state index contributed by atoms with van der Waals surface area (Å²) in [5, 5.41) is 0. The Balaban J connectivity index is 2.57. The maximum atomic E-state index is 13.1. The van der Waals surface area contributed by atoms with Crippen molar-refractivity contribution in [1.82, 2.24) is 0 Å². The van der Waals surface area contributed by atoms with E-state index in [-0.39, 0.29) is 44.9 Å². The van der Waals surface area contributed by atoms with Crippen LogP contribution in [0, 0.1) is 5.41 Å². The first kappa shape index (κ1) is 23.1. The van der Waals surface area contributed by atoms with Gasteiger partial charge in [-0.3, -0.25) is 0 Å². The van der Waals surface area contributed by atoms with Crippen molar-refractivity contribution in [1.29, 1.82) is 0 Å². The Hall–Kier alpha value is -2.18. The quantitative estimate of drug-likeness (QED) is 0.247. The summed E-state index contributed by atoms with van der Waals surface area (Å²) in [7, 11) is 0. The summed E-state index contributed by atoms with van der Waals surface area (Å²) in [5.74, 6) is -2.54. The van der Waals surface area contributed by atoms with Gasteiger partial charge in [0, 0.05) is 0 Å². The van der Waals surface area contributed by atoms with E-state index in [1.165, 1.54) is 0 Å². The molecule has 0 N–H and O–H groups in total. The summed E-state index contributed by atoms with van der Waals surface area (Å²) >= 11 is -0.692. The van der Waals surface area contributed by atoms with Gasteiger partial charge in [0.2, 0.25) is 0 Å². The number of hydrogen-bond donors (Lipinski definition) is 0. The molecule has 1 aliphatic carbocycles. The summed E-state index contributed by atoms with van der Waals surface area (Å²) in [4.78, 5) is 51.9. The van der Waals surface area contributed by atoms with Crippen molar-refractivity contribution in [3.63, 3.8) is 0 Å². The van der Waals surface area contributed by atoms with Crippen molar-refractivity contribution in [2.75, 3.05) is 19.8 Å². The van der Waals surface area contributed by atoms with Gasteiger partial charge in [-0.2, -0.15) is 0 Å². The van der Waals surface area contributed by atoms with Crippen LogP contribution in [0.1, 0.15) is 40.0 Å². The Kier molecular flexibility index (Phi) is 7.99. The number of rotatable bonds is 8. The van der Waals surface area contributed by atoms with Gasteiger partial charge < -0.3 is 0 Å². The van der Waals surface area contributed by atoms with Gasteiger partial charge in [-0.15, -0.1) is 0 Å². The van der Waals surface area contributed by atoms with Crippen LogP contribution in [0.15, 0.2) is 30.3 Å². The first-order valence-corrected chi connectivity index (χ1v) is 11.4. The van der Waals surface area contributed by atoms with E-state index in [4.69, 9.17) is 14.2 Å². The zero-order valence-corrected chi connectivity index (χ0v) is 18.6. The minimum absolute atomic E-state index is 0.0461. The van der Waals surface area contributed by atoms with Crippen molar-refractivity contribution in [2.24, 2.45) is 5.41 Å². The normalized spacial score (nSPS) is 20.6. The Morgan fingerprint density at radius 1 is 0.897 bits per heavy atom. The van der Waals surface area contributed by atoms with Crippen LogP contribution >= 0.6 is 0 Å². The van der Waals surface area contributed by atoms with Crippen molar-refractivity contribution < 1.29 is 33.4 Å². The molecule has 8 heteroatoms. The Morgan fingerprint density at radius 3 is 1.93 bits per heavy atom. The van der Waals surface area contributed by atoms with E-state index in [9.17, 15) is 19.2 Å². The van der Waals surface area contributed by atoms with Gasteiger partial charge in [0.05, 0.1) is 0 Å². The number of benzene rings is 1.